The minimum atomic E-state index is -0.500. The predicted molar refractivity (Wildman–Crippen MR) is 91.3 cm³/mol. The van der Waals surface area contributed by atoms with Crippen molar-refractivity contribution in [3.63, 3.8) is 0 Å². The number of carbonyl (C=O) groups is 1. The first kappa shape index (κ1) is 17.9. The molecule has 0 saturated carbocycles. The quantitative estimate of drug-likeness (QED) is 0.803. The maximum atomic E-state index is 13.1. The number of benzene rings is 2. The van der Waals surface area contributed by atoms with E-state index < -0.39 is 5.82 Å². The minimum absolute atomic E-state index is 0.00531. The highest BCUT2D eigenvalue weighted by Crippen LogP contribution is 2.27. The minimum Gasteiger partial charge on any atom is -0.493 e. The van der Waals surface area contributed by atoms with Crippen molar-refractivity contribution in [1.82, 2.24) is 5.32 Å². The number of halogens is 2. The summed E-state index contributed by atoms with van der Waals surface area (Å²) in [5.41, 5.74) is 1.45. The molecule has 2 N–H and O–H groups in total. The van der Waals surface area contributed by atoms with Gasteiger partial charge in [0.15, 0.2) is 11.5 Å². The molecule has 0 atom stereocenters. The summed E-state index contributed by atoms with van der Waals surface area (Å²) in [6, 6.07) is 9.60. The molecule has 5 nitrogen and oxygen atoms in total. The van der Waals surface area contributed by atoms with Gasteiger partial charge in [0.05, 0.1) is 25.8 Å². The summed E-state index contributed by atoms with van der Waals surface area (Å²) in [5.74, 6) is 0.524. The molecular formula is C17H18ClFN2O3. The summed E-state index contributed by atoms with van der Waals surface area (Å²) < 4.78 is 23.4. The average Bonchev–Trinajstić information content (AvgIpc) is 2.60. The molecular weight excluding hydrogens is 335 g/mol. The van der Waals surface area contributed by atoms with E-state index in [1.54, 1.807) is 26.4 Å². The van der Waals surface area contributed by atoms with E-state index in [2.05, 4.69) is 10.6 Å². The largest absolute Gasteiger partial charge is 0.493 e. The molecule has 0 aliphatic carbocycles. The van der Waals surface area contributed by atoms with Crippen LogP contribution in [0.25, 0.3) is 0 Å². The van der Waals surface area contributed by atoms with E-state index in [4.69, 9.17) is 21.1 Å². The lowest BCUT2D eigenvalue weighted by atomic mass is 10.2. The van der Waals surface area contributed by atoms with Crippen LogP contribution in [-0.4, -0.2) is 26.7 Å². The first-order valence-corrected chi connectivity index (χ1v) is 7.58. The first-order valence-electron chi connectivity index (χ1n) is 7.20. The molecule has 2 rings (SSSR count). The van der Waals surface area contributed by atoms with E-state index in [0.29, 0.717) is 23.7 Å². The second kappa shape index (κ2) is 8.40. The van der Waals surface area contributed by atoms with Crippen LogP contribution in [0.3, 0.4) is 0 Å². The van der Waals surface area contributed by atoms with Crippen molar-refractivity contribution in [2.45, 2.75) is 6.54 Å². The maximum Gasteiger partial charge on any atom is 0.239 e. The number of methoxy groups -OCH3 is 2. The Labute approximate surface area is 144 Å². The number of amides is 1. The number of rotatable bonds is 7. The molecule has 0 spiro atoms. The monoisotopic (exact) mass is 352 g/mol. The van der Waals surface area contributed by atoms with Gasteiger partial charge in [0.2, 0.25) is 5.91 Å². The van der Waals surface area contributed by atoms with Crippen molar-refractivity contribution in [3.05, 3.63) is 52.8 Å². The Morgan fingerprint density at radius 1 is 1.12 bits per heavy atom. The van der Waals surface area contributed by atoms with Gasteiger partial charge in [-0.3, -0.25) is 4.79 Å². The average molecular weight is 353 g/mol. The number of hydrogen-bond donors (Lipinski definition) is 2. The molecule has 0 bridgehead atoms. The first-order chi connectivity index (χ1) is 11.5. The zero-order valence-corrected chi connectivity index (χ0v) is 14.1. The molecule has 2 aromatic rings. The van der Waals surface area contributed by atoms with Crippen LogP contribution in [0.4, 0.5) is 10.1 Å². The Hall–Kier alpha value is -2.47. The van der Waals surface area contributed by atoms with Crippen molar-refractivity contribution < 1.29 is 18.7 Å². The third-order valence-electron chi connectivity index (χ3n) is 3.31. The topological polar surface area (TPSA) is 59.6 Å². The van der Waals surface area contributed by atoms with Crippen molar-refractivity contribution in [3.8, 4) is 11.5 Å². The van der Waals surface area contributed by atoms with E-state index >= 15 is 0 Å². The number of ether oxygens (including phenoxy) is 2. The fourth-order valence-corrected chi connectivity index (χ4v) is 2.22. The maximum absolute atomic E-state index is 13.1. The number of hydrogen-bond acceptors (Lipinski definition) is 4. The van der Waals surface area contributed by atoms with Gasteiger partial charge >= 0.3 is 0 Å². The van der Waals surface area contributed by atoms with E-state index in [0.717, 1.165) is 5.56 Å². The lowest BCUT2D eigenvalue weighted by molar-refractivity contribution is -0.119. The summed E-state index contributed by atoms with van der Waals surface area (Å²) in [7, 11) is 3.12. The molecule has 0 radical (unpaired) electrons. The lowest BCUT2D eigenvalue weighted by Crippen LogP contribution is -2.29. The second-order valence-corrected chi connectivity index (χ2v) is 5.36. The zero-order valence-electron chi connectivity index (χ0n) is 13.4. The number of anilines is 1. The molecule has 7 heteroatoms. The Balaban J connectivity index is 1.85. The molecule has 0 fully saturated rings. The van der Waals surface area contributed by atoms with E-state index in [9.17, 15) is 9.18 Å². The van der Waals surface area contributed by atoms with Gasteiger partial charge < -0.3 is 20.1 Å². The van der Waals surface area contributed by atoms with Crippen LogP contribution in [0.1, 0.15) is 5.56 Å². The SMILES string of the molecule is COc1ccc(CNC(=O)CNc2ccc(F)c(Cl)c2)cc1OC. The van der Waals surface area contributed by atoms with Crippen molar-refractivity contribution >= 4 is 23.2 Å². The van der Waals surface area contributed by atoms with E-state index in [-0.39, 0.29) is 17.5 Å². The summed E-state index contributed by atoms with van der Waals surface area (Å²) in [6.45, 7) is 0.403. The van der Waals surface area contributed by atoms with Crippen LogP contribution < -0.4 is 20.1 Å². The fraction of sp³-hybridized carbons (Fsp3) is 0.235. The zero-order chi connectivity index (χ0) is 17.5. The molecule has 0 aromatic heterocycles. The van der Waals surface area contributed by atoms with Crippen LogP contribution in [0.5, 0.6) is 11.5 Å². The second-order valence-electron chi connectivity index (χ2n) is 4.95. The Kier molecular flexibility index (Phi) is 6.26. The third kappa shape index (κ3) is 4.76. The van der Waals surface area contributed by atoms with Crippen LogP contribution in [0, 0.1) is 5.82 Å². The summed E-state index contributed by atoms with van der Waals surface area (Å²) in [4.78, 5) is 11.9. The Bertz CT molecular complexity index is 725. The summed E-state index contributed by atoms with van der Waals surface area (Å²) in [6.07, 6.45) is 0. The smallest absolute Gasteiger partial charge is 0.239 e. The van der Waals surface area contributed by atoms with Gasteiger partial charge in [0, 0.05) is 12.2 Å². The van der Waals surface area contributed by atoms with Gasteiger partial charge in [-0.05, 0) is 35.9 Å². The van der Waals surface area contributed by atoms with Crippen molar-refractivity contribution in [2.24, 2.45) is 0 Å². The summed E-state index contributed by atoms with van der Waals surface area (Å²) in [5, 5.41) is 5.67. The van der Waals surface area contributed by atoms with Gasteiger partial charge in [-0.25, -0.2) is 4.39 Å². The third-order valence-corrected chi connectivity index (χ3v) is 3.60. The molecule has 2 aromatic carbocycles. The van der Waals surface area contributed by atoms with Crippen molar-refractivity contribution in [1.29, 1.82) is 0 Å². The van der Waals surface area contributed by atoms with Crippen molar-refractivity contribution in [2.75, 3.05) is 26.1 Å². The van der Waals surface area contributed by atoms with Gasteiger partial charge in [0.1, 0.15) is 5.82 Å². The van der Waals surface area contributed by atoms with E-state index in [1.165, 1.54) is 18.2 Å². The summed E-state index contributed by atoms with van der Waals surface area (Å²) >= 11 is 5.69. The van der Waals surface area contributed by atoms with Gasteiger partial charge in [-0.15, -0.1) is 0 Å². The molecule has 1 amide bonds. The highest BCUT2D eigenvalue weighted by atomic mass is 35.5. The van der Waals surface area contributed by atoms with Gasteiger partial charge in [0.25, 0.3) is 0 Å². The van der Waals surface area contributed by atoms with Gasteiger partial charge in [-0.1, -0.05) is 17.7 Å². The molecule has 0 aliphatic heterocycles. The molecule has 128 valence electrons. The highest BCUT2D eigenvalue weighted by Gasteiger charge is 2.07. The molecule has 0 heterocycles. The standard InChI is InChI=1S/C17H18ClFN2O3/c1-23-15-6-3-11(7-16(15)24-2)9-21-17(22)10-20-12-4-5-14(19)13(18)8-12/h3-8,20H,9-10H2,1-2H3,(H,21,22). The Morgan fingerprint density at radius 3 is 2.54 bits per heavy atom. The Morgan fingerprint density at radius 2 is 1.88 bits per heavy atom. The van der Waals surface area contributed by atoms with Gasteiger partial charge in [-0.2, -0.15) is 0 Å². The highest BCUT2D eigenvalue weighted by molar-refractivity contribution is 6.31. The number of carbonyl (C=O) groups excluding carboxylic acids is 1. The molecule has 0 aliphatic rings. The number of nitrogens with one attached hydrogen (secondary N) is 2. The lowest BCUT2D eigenvalue weighted by Gasteiger charge is -2.11. The van der Waals surface area contributed by atoms with Crippen LogP contribution in [0.2, 0.25) is 5.02 Å². The van der Waals surface area contributed by atoms with Crippen LogP contribution in [0.15, 0.2) is 36.4 Å². The molecule has 0 unspecified atom stereocenters. The van der Waals surface area contributed by atoms with Crippen LogP contribution in [-0.2, 0) is 11.3 Å². The normalized spacial score (nSPS) is 10.2. The van der Waals surface area contributed by atoms with Crippen LogP contribution >= 0.6 is 11.6 Å². The predicted octanol–water partition coefficient (Wildman–Crippen LogP) is 3.22. The molecule has 24 heavy (non-hydrogen) atoms. The van der Waals surface area contributed by atoms with E-state index in [1.807, 2.05) is 6.07 Å². The fourth-order valence-electron chi connectivity index (χ4n) is 2.04. The molecule has 0 saturated heterocycles.